The number of hydrogen-bond acceptors (Lipinski definition) is 2. The van der Waals surface area contributed by atoms with Crippen molar-refractivity contribution in [2.45, 2.75) is 64.3 Å². The molecule has 2 aliphatic rings. The monoisotopic (exact) mass is 267 g/mol. The quantitative estimate of drug-likeness (QED) is 0.777. The molecule has 2 saturated carbocycles. The molecule has 0 heterocycles. The summed E-state index contributed by atoms with van der Waals surface area (Å²) in [6.45, 7) is 2.05. The molecule has 2 fully saturated rings. The number of hydrogen-bond donors (Lipinski definition) is 2. The Hall–Kier alpha value is -1.06. The molecule has 1 amide bonds. The third-order valence-corrected chi connectivity index (χ3v) is 4.49. The Labute approximate surface area is 115 Å². The average Bonchev–Trinajstić information content (AvgIpc) is 3.20. The van der Waals surface area contributed by atoms with E-state index in [9.17, 15) is 9.59 Å². The molecule has 0 aromatic carbocycles. The van der Waals surface area contributed by atoms with Crippen LogP contribution in [0.2, 0.25) is 0 Å². The number of carboxylic acids is 1. The molecule has 0 spiro atoms. The largest absolute Gasteiger partial charge is 0.481 e. The second kappa shape index (κ2) is 6.40. The Balaban J connectivity index is 1.73. The summed E-state index contributed by atoms with van der Waals surface area (Å²) in [4.78, 5) is 23.1. The van der Waals surface area contributed by atoms with E-state index in [2.05, 4.69) is 12.2 Å². The van der Waals surface area contributed by atoms with E-state index < -0.39 is 5.97 Å². The fraction of sp³-hybridized carbons (Fsp3) is 0.867. The SMILES string of the molecule is CC(CCC1CC1)NC(=O)C1CCCC(C(=O)O)C1. The first kappa shape index (κ1) is 14.4. The molecule has 2 N–H and O–H groups in total. The fourth-order valence-electron chi connectivity index (χ4n) is 2.98. The lowest BCUT2D eigenvalue weighted by molar-refractivity contribution is -0.144. The second-order valence-corrected chi connectivity index (χ2v) is 6.33. The van der Waals surface area contributed by atoms with Crippen LogP contribution in [0, 0.1) is 17.8 Å². The smallest absolute Gasteiger partial charge is 0.306 e. The van der Waals surface area contributed by atoms with Gasteiger partial charge in [0.1, 0.15) is 0 Å². The van der Waals surface area contributed by atoms with E-state index in [1.54, 1.807) is 0 Å². The van der Waals surface area contributed by atoms with Crippen molar-refractivity contribution in [3.8, 4) is 0 Å². The fourth-order valence-corrected chi connectivity index (χ4v) is 2.98. The van der Waals surface area contributed by atoms with Gasteiger partial charge in [0.2, 0.25) is 5.91 Å². The summed E-state index contributed by atoms with van der Waals surface area (Å²) < 4.78 is 0. The van der Waals surface area contributed by atoms with Gasteiger partial charge in [-0.1, -0.05) is 19.3 Å². The summed E-state index contributed by atoms with van der Waals surface area (Å²) in [6.07, 6.45) is 7.88. The van der Waals surface area contributed by atoms with Crippen molar-refractivity contribution in [2.75, 3.05) is 0 Å². The predicted octanol–water partition coefficient (Wildman–Crippen LogP) is 2.57. The molecule has 2 rings (SSSR count). The summed E-state index contributed by atoms with van der Waals surface area (Å²) in [5, 5.41) is 12.1. The minimum atomic E-state index is -0.751. The first-order valence-corrected chi connectivity index (χ1v) is 7.59. The number of aliphatic carboxylic acids is 1. The zero-order valence-corrected chi connectivity index (χ0v) is 11.7. The molecule has 0 bridgehead atoms. The molecule has 0 saturated heterocycles. The molecule has 2 aliphatic carbocycles. The summed E-state index contributed by atoms with van der Waals surface area (Å²) in [5.41, 5.74) is 0. The van der Waals surface area contributed by atoms with Gasteiger partial charge in [0.25, 0.3) is 0 Å². The third-order valence-electron chi connectivity index (χ3n) is 4.49. The van der Waals surface area contributed by atoms with Crippen LogP contribution < -0.4 is 5.32 Å². The van der Waals surface area contributed by atoms with Gasteiger partial charge in [-0.2, -0.15) is 0 Å². The van der Waals surface area contributed by atoms with E-state index in [4.69, 9.17) is 5.11 Å². The molecule has 3 unspecified atom stereocenters. The summed E-state index contributed by atoms with van der Waals surface area (Å²) >= 11 is 0. The lowest BCUT2D eigenvalue weighted by Gasteiger charge is -2.27. The van der Waals surface area contributed by atoms with Crippen molar-refractivity contribution < 1.29 is 14.7 Å². The van der Waals surface area contributed by atoms with Gasteiger partial charge in [-0.3, -0.25) is 9.59 Å². The van der Waals surface area contributed by atoms with Gasteiger partial charge in [-0.15, -0.1) is 0 Å². The highest BCUT2D eigenvalue weighted by Crippen LogP contribution is 2.34. The highest BCUT2D eigenvalue weighted by molar-refractivity contribution is 5.80. The Bertz CT molecular complexity index is 338. The standard InChI is InChI=1S/C15H25NO3/c1-10(5-6-11-7-8-11)16-14(17)12-3-2-4-13(9-12)15(18)19/h10-13H,2-9H2,1H3,(H,16,17)(H,18,19). The Kier molecular flexibility index (Phi) is 4.83. The van der Waals surface area contributed by atoms with Gasteiger partial charge in [0, 0.05) is 12.0 Å². The van der Waals surface area contributed by atoms with E-state index in [0.717, 1.165) is 31.6 Å². The minimum Gasteiger partial charge on any atom is -0.481 e. The van der Waals surface area contributed by atoms with E-state index in [1.807, 2.05) is 0 Å². The molecule has 0 aromatic heterocycles. The molecular weight excluding hydrogens is 242 g/mol. The van der Waals surface area contributed by atoms with Crippen molar-refractivity contribution >= 4 is 11.9 Å². The highest BCUT2D eigenvalue weighted by atomic mass is 16.4. The van der Waals surface area contributed by atoms with Gasteiger partial charge in [-0.05, 0) is 44.9 Å². The second-order valence-electron chi connectivity index (χ2n) is 6.33. The first-order valence-electron chi connectivity index (χ1n) is 7.59. The Morgan fingerprint density at radius 2 is 1.89 bits per heavy atom. The zero-order chi connectivity index (χ0) is 13.8. The van der Waals surface area contributed by atoms with Crippen molar-refractivity contribution in [2.24, 2.45) is 17.8 Å². The average molecular weight is 267 g/mol. The van der Waals surface area contributed by atoms with Crippen molar-refractivity contribution in [3.05, 3.63) is 0 Å². The molecule has 19 heavy (non-hydrogen) atoms. The van der Waals surface area contributed by atoms with E-state index in [0.29, 0.717) is 6.42 Å². The van der Waals surface area contributed by atoms with Crippen LogP contribution >= 0.6 is 0 Å². The molecule has 3 atom stereocenters. The first-order chi connectivity index (χ1) is 9.06. The van der Waals surface area contributed by atoms with Gasteiger partial charge in [-0.25, -0.2) is 0 Å². The van der Waals surface area contributed by atoms with Crippen LogP contribution in [-0.4, -0.2) is 23.0 Å². The highest BCUT2D eigenvalue weighted by Gasteiger charge is 2.31. The molecule has 4 heteroatoms. The van der Waals surface area contributed by atoms with Gasteiger partial charge in [0.15, 0.2) is 0 Å². The Morgan fingerprint density at radius 1 is 1.21 bits per heavy atom. The van der Waals surface area contributed by atoms with Gasteiger partial charge < -0.3 is 10.4 Å². The normalized spacial score (nSPS) is 28.7. The third kappa shape index (κ3) is 4.51. The van der Waals surface area contributed by atoms with E-state index >= 15 is 0 Å². The molecular formula is C15H25NO3. The maximum absolute atomic E-state index is 12.1. The maximum Gasteiger partial charge on any atom is 0.306 e. The summed E-state index contributed by atoms with van der Waals surface area (Å²) in [7, 11) is 0. The summed E-state index contributed by atoms with van der Waals surface area (Å²) in [5.74, 6) is -0.219. The Morgan fingerprint density at radius 3 is 2.53 bits per heavy atom. The molecule has 4 nitrogen and oxygen atoms in total. The van der Waals surface area contributed by atoms with Crippen LogP contribution in [0.5, 0.6) is 0 Å². The predicted molar refractivity (Wildman–Crippen MR) is 72.6 cm³/mol. The molecule has 0 radical (unpaired) electrons. The number of amides is 1. The van der Waals surface area contributed by atoms with Crippen molar-refractivity contribution in [1.82, 2.24) is 5.32 Å². The number of carbonyl (C=O) groups is 2. The maximum atomic E-state index is 12.1. The van der Waals surface area contributed by atoms with Gasteiger partial charge in [0.05, 0.1) is 5.92 Å². The summed E-state index contributed by atoms with van der Waals surface area (Å²) in [6, 6.07) is 0.221. The van der Waals surface area contributed by atoms with Crippen LogP contribution in [-0.2, 0) is 9.59 Å². The van der Waals surface area contributed by atoms with E-state index in [-0.39, 0.29) is 23.8 Å². The van der Waals surface area contributed by atoms with Crippen LogP contribution in [0.25, 0.3) is 0 Å². The van der Waals surface area contributed by atoms with Crippen LogP contribution in [0.3, 0.4) is 0 Å². The van der Waals surface area contributed by atoms with Crippen LogP contribution in [0.15, 0.2) is 0 Å². The van der Waals surface area contributed by atoms with Crippen LogP contribution in [0.1, 0.15) is 58.3 Å². The van der Waals surface area contributed by atoms with Crippen molar-refractivity contribution in [3.63, 3.8) is 0 Å². The van der Waals surface area contributed by atoms with Gasteiger partial charge >= 0.3 is 5.97 Å². The van der Waals surface area contributed by atoms with Crippen molar-refractivity contribution in [1.29, 1.82) is 0 Å². The topological polar surface area (TPSA) is 66.4 Å². The van der Waals surface area contributed by atoms with Crippen LogP contribution in [0.4, 0.5) is 0 Å². The molecule has 0 aliphatic heterocycles. The minimum absolute atomic E-state index is 0.0641. The lowest BCUT2D eigenvalue weighted by Crippen LogP contribution is -2.39. The number of carboxylic acid groups (broad SMARTS) is 1. The number of nitrogens with one attached hydrogen (secondary N) is 1. The lowest BCUT2D eigenvalue weighted by atomic mass is 9.81. The van der Waals surface area contributed by atoms with E-state index in [1.165, 1.54) is 19.3 Å². The molecule has 108 valence electrons. The zero-order valence-electron chi connectivity index (χ0n) is 11.7. The molecule has 0 aromatic rings. The number of carbonyl (C=O) groups excluding carboxylic acids is 1. The number of rotatable bonds is 6.